The van der Waals surface area contributed by atoms with Gasteiger partial charge in [0.25, 0.3) is 0 Å². The summed E-state index contributed by atoms with van der Waals surface area (Å²) in [5.41, 5.74) is 0. The molecular weight excluding hydrogens is 266 g/mol. The Morgan fingerprint density at radius 3 is 2.89 bits per heavy atom. The lowest BCUT2D eigenvalue weighted by atomic mass is 10.0. The average Bonchev–Trinajstić information content (AvgIpc) is 2.96. The molecular formula is C12H17N3O3S. The fourth-order valence-electron chi connectivity index (χ4n) is 2.33. The van der Waals surface area contributed by atoms with Crippen molar-refractivity contribution in [3.05, 3.63) is 16.6 Å². The molecule has 0 spiro atoms. The van der Waals surface area contributed by atoms with Gasteiger partial charge in [0.2, 0.25) is 0 Å². The standard InChI is InChI=1S/C12H17N3O3S/c1-7(10-13-4-6-19-10)14-12(18)15-5-3-9(8(15)2)11(16)17/h4,6-9H,3,5H2,1-2H3,(H,14,18)(H,16,17). The zero-order valence-corrected chi connectivity index (χ0v) is 11.7. The topological polar surface area (TPSA) is 82.5 Å². The smallest absolute Gasteiger partial charge is 0.318 e. The number of thiazole rings is 1. The molecule has 1 aromatic rings. The van der Waals surface area contributed by atoms with E-state index in [1.165, 1.54) is 11.3 Å². The van der Waals surface area contributed by atoms with E-state index in [1.54, 1.807) is 18.0 Å². The number of amides is 2. The fourth-order valence-corrected chi connectivity index (χ4v) is 2.98. The van der Waals surface area contributed by atoms with Crippen LogP contribution in [-0.4, -0.2) is 39.6 Å². The van der Waals surface area contributed by atoms with Crippen LogP contribution in [0.1, 0.15) is 31.3 Å². The first-order valence-corrected chi connectivity index (χ1v) is 7.08. The molecule has 1 aromatic heterocycles. The van der Waals surface area contributed by atoms with Crippen molar-refractivity contribution < 1.29 is 14.7 Å². The van der Waals surface area contributed by atoms with Crippen LogP contribution in [0, 0.1) is 5.92 Å². The maximum absolute atomic E-state index is 12.1. The van der Waals surface area contributed by atoms with Gasteiger partial charge in [0.05, 0.1) is 12.0 Å². The van der Waals surface area contributed by atoms with Crippen molar-refractivity contribution in [2.75, 3.05) is 6.54 Å². The fraction of sp³-hybridized carbons (Fsp3) is 0.583. The summed E-state index contributed by atoms with van der Waals surface area (Å²) in [4.78, 5) is 28.9. The van der Waals surface area contributed by atoms with Gasteiger partial charge in [-0.1, -0.05) is 0 Å². The summed E-state index contributed by atoms with van der Waals surface area (Å²) in [5.74, 6) is -1.31. The van der Waals surface area contributed by atoms with E-state index in [-0.39, 0.29) is 18.1 Å². The van der Waals surface area contributed by atoms with Crippen molar-refractivity contribution in [1.29, 1.82) is 0 Å². The number of rotatable bonds is 3. The monoisotopic (exact) mass is 283 g/mol. The molecule has 2 N–H and O–H groups in total. The number of hydrogen-bond donors (Lipinski definition) is 2. The molecule has 3 atom stereocenters. The third-order valence-corrected chi connectivity index (χ3v) is 4.45. The van der Waals surface area contributed by atoms with Gasteiger partial charge in [-0.15, -0.1) is 11.3 Å². The number of aromatic nitrogens is 1. The van der Waals surface area contributed by atoms with E-state index in [2.05, 4.69) is 10.3 Å². The molecule has 3 unspecified atom stereocenters. The molecule has 1 fully saturated rings. The quantitative estimate of drug-likeness (QED) is 0.884. The largest absolute Gasteiger partial charge is 0.481 e. The maximum atomic E-state index is 12.1. The van der Waals surface area contributed by atoms with E-state index in [0.29, 0.717) is 13.0 Å². The zero-order chi connectivity index (χ0) is 14.0. The Bertz CT molecular complexity index is 463. The lowest BCUT2D eigenvalue weighted by Gasteiger charge is -2.25. The number of nitrogens with zero attached hydrogens (tertiary/aromatic N) is 2. The lowest BCUT2D eigenvalue weighted by Crippen LogP contribution is -2.44. The van der Waals surface area contributed by atoms with E-state index in [1.807, 2.05) is 12.3 Å². The summed E-state index contributed by atoms with van der Waals surface area (Å²) >= 11 is 1.48. The SMILES string of the molecule is CC(NC(=O)N1CCC(C(=O)O)C1C)c1nccs1. The summed E-state index contributed by atoms with van der Waals surface area (Å²) in [6.45, 7) is 4.13. The Kier molecular flexibility index (Phi) is 4.04. The number of carbonyl (C=O) groups is 2. The number of nitrogens with one attached hydrogen (secondary N) is 1. The van der Waals surface area contributed by atoms with Gasteiger partial charge in [-0.3, -0.25) is 4.79 Å². The number of carboxylic acid groups (broad SMARTS) is 1. The van der Waals surface area contributed by atoms with Crippen LogP contribution in [0.3, 0.4) is 0 Å². The van der Waals surface area contributed by atoms with E-state index in [4.69, 9.17) is 5.11 Å². The van der Waals surface area contributed by atoms with Crippen molar-refractivity contribution in [2.24, 2.45) is 5.92 Å². The first-order valence-electron chi connectivity index (χ1n) is 6.20. The van der Waals surface area contributed by atoms with Gasteiger partial charge in [-0.2, -0.15) is 0 Å². The van der Waals surface area contributed by atoms with Crippen molar-refractivity contribution in [2.45, 2.75) is 32.4 Å². The van der Waals surface area contributed by atoms with Crippen molar-refractivity contribution in [3.63, 3.8) is 0 Å². The summed E-state index contributed by atoms with van der Waals surface area (Å²) in [6, 6.07) is -0.663. The highest BCUT2D eigenvalue weighted by molar-refractivity contribution is 7.09. The van der Waals surface area contributed by atoms with Gasteiger partial charge in [-0.25, -0.2) is 9.78 Å². The van der Waals surface area contributed by atoms with Crippen LogP contribution < -0.4 is 5.32 Å². The van der Waals surface area contributed by atoms with E-state index in [0.717, 1.165) is 5.01 Å². The number of carboxylic acids is 1. The molecule has 1 aliphatic heterocycles. The van der Waals surface area contributed by atoms with Gasteiger partial charge in [0, 0.05) is 24.2 Å². The molecule has 0 radical (unpaired) electrons. The van der Waals surface area contributed by atoms with E-state index in [9.17, 15) is 9.59 Å². The Labute approximate surface area is 115 Å². The van der Waals surface area contributed by atoms with Crippen LogP contribution in [0.25, 0.3) is 0 Å². The Balaban J connectivity index is 1.96. The van der Waals surface area contributed by atoms with Gasteiger partial charge >= 0.3 is 12.0 Å². The Morgan fingerprint density at radius 2 is 2.37 bits per heavy atom. The van der Waals surface area contributed by atoms with Crippen LogP contribution in [0.5, 0.6) is 0 Å². The van der Waals surface area contributed by atoms with Crippen LogP contribution >= 0.6 is 11.3 Å². The highest BCUT2D eigenvalue weighted by atomic mass is 32.1. The average molecular weight is 283 g/mol. The molecule has 0 bridgehead atoms. The first-order chi connectivity index (χ1) is 9.00. The second-order valence-corrected chi connectivity index (χ2v) is 5.64. The Morgan fingerprint density at radius 1 is 1.63 bits per heavy atom. The van der Waals surface area contributed by atoms with Gasteiger partial charge < -0.3 is 15.3 Å². The normalized spacial score (nSPS) is 24.2. The third kappa shape index (κ3) is 2.86. The first kappa shape index (κ1) is 13.8. The summed E-state index contributed by atoms with van der Waals surface area (Å²) in [7, 11) is 0. The highest BCUT2D eigenvalue weighted by Crippen LogP contribution is 2.25. The molecule has 2 heterocycles. The van der Waals surface area contributed by atoms with E-state index >= 15 is 0 Å². The molecule has 1 aliphatic rings. The minimum Gasteiger partial charge on any atom is -0.481 e. The maximum Gasteiger partial charge on any atom is 0.318 e. The summed E-state index contributed by atoms with van der Waals surface area (Å²) in [6.07, 6.45) is 2.21. The second kappa shape index (κ2) is 5.56. The zero-order valence-electron chi connectivity index (χ0n) is 10.9. The molecule has 6 nitrogen and oxygen atoms in total. The van der Waals surface area contributed by atoms with Crippen LogP contribution in [-0.2, 0) is 4.79 Å². The molecule has 0 aliphatic carbocycles. The molecule has 7 heteroatoms. The highest BCUT2D eigenvalue weighted by Gasteiger charge is 2.38. The number of urea groups is 1. The molecule has 2 amide bonds. The summed E-state index contributed by atoms with van der Waals surface area (Å²) < 4.78 is 0. The van der Waals surface area contributed by atoms with Crippen molar-refractivity contribution in [1.82, 2.24) is 15.2 Å². The molecule has 0 saturated carbocycles. The lowest BCUT2D eigenvalue weighted by molar-refractivity contribution is -0.142. The number of hydrogen-bond acceptors (Lipinski definition) is 4. The predicted octanol–water partition coefficient (Wildman–Crippen LogP) is 1.71. The van der Waals surface area contributed by atoms with E-state index < -0.39 is 11.9 Å². The number of aliphatic carboxylic acids is 1. The molecule has 104 valence electrons. The summed E-state index contributed by atoms with van der Waals surface area (Å²) in [5, 5.41) is 14.6. The van der Waals surface area contributed by atoms with Gasteiger partial charge in [0.15, 0.2) is 0 Å². The Hall–Kier alpha value is -1.63. The minimum absolute atomic E-state index is 0.163. The van der Waals surface area contributed by atoms with Gasteiger partial charge in [0.1, 0.15) is 5.01 Å². The molecule has 0 aromatic carbocycles. The van der Waals surface area contributed by atoms with Crippen LogP contribution in [0.15, 0.2) is 11.6 Å². The molecule has 1 saturated heterocycles. The van der Waals surface area contributed by atoms with Crippen molar-refractivity contribution in [3.8, 4) is 0 Å². The number of likely N-dealkylation sites (tertiary alicyclic amines) is 1. The van der Waals surface area contributed by atoms with Crippen LogP contribution in [0.2, 0.25) is 0 Å². The van der Waals surface area contributed by atoms with Crippen LogP contribution in [0.4, 0.5) is 4.79 Å². The molecule has 2 rings (SSSR count). The minimum atomic E-state index is -0.837. The van der Waals surface area contributed by atoms with Gasteiger partial charge in [-0.05, 0) is 20.3 Å². The second-order valence-electron chi connectivity index (χ2n) is 4.71. The molecule has 19 heavy (non-hydrogen) atoms. The van der Waals surface area contributed by atoms with Crippen molar-refractivity contribution >= 4 is 23.3 Å². The predicted molar refractivity (Wildman–Crippen MR) is 71.0 cm³/mol. The number of carbonyl (C=O) groups excluding carboxylic acids is 1. The third-order valence-electron chi connectivity index (χ3n) is 3.49.